The van der Waals surface area contributed by atoms with Crippen LogP contribution in [0, 0.1) is 13.8 Å². The van der Waals surface area contributed by atoms with Crippen LogP contribution in [0.3, 0.4) is 0 Å². The van der Waals surface area contributed by atoms with E-state index in [0.29, 0.717) is 16.7 Å². The summed E-state index contributed by atoms with van der Waals surface area (Å²) in [4.78, 5) is 12.3. The number of hydrogen-bond donors (Lipinski definition) is 1. The first-order valence-corrected chi connectivity index (χ1v) is 8.32. The number of carbonyl (C=O) groups is 1. The zero-order valence-corrected chi connectivity index (χ0v) is 15.3. The predicted molar refractivity (Wildman–Crippen MR) is 96.1 cm³/mol. The van der Waals surface area contributed by atoms with Gasteiger partial charge in [0.15, 0.2) is 5.69 Å². The van der Waals surface area contributed by atoms with E-state index in [4.69, 9.17) is 0 Å². The van der Waals surface area contributed by atoms with Crippen LogP contribution < -0.4 is 5.32 Å². The number of anilines is 1. The molecule has 0 saturated heterocycles. The molecule has 7 heteroatoms. The number of carbonyl (C=O) groups excluding carboxylic acids is 1. The maximum Gasteiger partial charge on any atom is 0.277 e. The Labute approximate surface area is 148 Å². The number of benzene rings is 1. The molecule has 0 radical (unpaired) electrons. The minimum absolute atomic E-state index is 0.245. The Morgan fingerprint density at radius 3 is 2.67 bits per heavy atom. The van der Waals surface area contributed by atoms with Gasteiger partial charge in [0, 0.05) is 24.6 Å². The summed E-state index contributed by atoms with van der Waals surface area (Å²) in [7, 11) is 1.77. The fraction of sp³-hybridized carbons (Fsp3) is 0.235. The van der Waals surface area contributed by atoms with Gasteiger partial charge in [-0.05, 0) is 53.5 Å². The minimum atomic E-state index is -0.245. The Hall–Kier alpha value is -2.41. The van der Waals surface area contributed by atoms with Crippen molar-refractivity contribution in [2.75, 3.05) is 5.32 Å². The molecule has 0 aliphatic rings. The smallest absolute Gasteiger partial charge is 0.277 e. The van der Waals surface area contributed by atoms with Crippen LogP contribution in [0.25, 0.3) is 0 Å². The summed E-state index contributed by atoms with van der Waals surface area (Å²) in [5.41, 5.74) is 4.27. The second-order valence-corrected chi connectivity index (χ2v) is 6.59. The van der Waals surface area contributed by atoms with E-state index in [0.717, 1.165) is 22.6 Å². The largest absolute Gasteiger partial charge is 0.321 e. The molecule has 0 spiro atoms. The van der Waals surface area contributed by atoms with E-state index in [1.54, 1.807) is 17.9 Å². The van der Waals surface area contributed by atoms with E-state index in [1.165, 1.54) is 0 Å². The third-order valence-electron chi connectivity index (χ3n) is 3.62. The number of rotatable bonds is 4. The molecule has 0 atom stereocenters. The monoisotopic (exact) mass is 387 g/mol. The Bertz CT molecular complexity index is 896. The van der Waals surface area contributed by atoms with E-state index in [9.17, 15) is 4.79 Å². The number of aryl methyl sites for hydroxylation is 3. The number of nitrogens with one attached hydrogen (secondary N) is 1. The van der Waals surface area contributed by atoms with E-state index in [1.807, 2.05) is 48.9 Å². The first-order chi connectivity index (χ1) is 11.4. The lowest BCUT2D eigenvalue weighted by molar-refractivity contribution is 0.102. The summed E-state index contributed by atoms with van der Waals surface area (Å²) in [6, 6.07) is 9.79. The lowest BCUT2D eigenvalue weighted by Crippen LogP contribution is -2.14. The molecule has 2 aromatic heterocycles. The molecule has 0 aliphatic carbocycles. The maximum absolute atomic E-state index is 12.3. The second-order valence-electron chi connectivity index (χ2n) is 5.74. The molecule has 0 unspecified atom stereocenters. The van der Waals surface area contributed by atoms with Crippen molar-refractivity contribution in [2.45, 2.75) is 20.4 Å². The summed E-state index contributed by atoms with van der Waals surface area (Å²) in [5.74, 6) is -0.245. The Morgan fingerprint density at radius 2 is 2.04 bits per heavy atom. The van der Waals surface area contributed by atoms with Crippen LogP contribution in [0.1, 0.15) is 27.4 Å². The molecule has 0 saturated carbocycles. The highest BCUT2D eigenvalue weighted by Crippen LogP contribution is 2.18. The Kier molecular flexibility index (Phi) is 4.53. The van der Waals surface area contributed by atoms with Crippen molar-refractivity contribution in [2.24, 2.45) is 7.05 Å². The van der Waals surface area contributed by atoms with Gasteiger partial charge in [0.2, 0.25) is 0 Å². The summed E-state index contributed by atoms with van der Waals surface area (Å²) >= 11 is 3.34. The van der Waals surface area contributed by atoms with Crippen molar-refractivity contribution >= 4 is 27.5 Å². The molecule has 1 amide bonds. The van der Waals surface area contributed by atoms with Gasteiger partial charge in [-0.2, -0.15) is 10.2 Å². The minimum Gasteiger partial charge on any atom is -0.321 e. The van der Waals surface area contributed by atoms with Crippen LogP contribution in [0.2, 0.25) is 0 Å². The van der Waals surface area contributed by atoms with Crippen molar-refractivity contribution in [3.05, 3.63) is 63.6 Å². The molecule has 1 aromatic carbocycles. The summed E-state index contributed by atoms with van der Waals surface area (Å²) in [6.45, 7) is 4.67. The van der Waals surface area contributed by atoms with Crippen LogP contribution >= 0.6 is 15.9 Å². The molecular weight excluding hydrogens is 370 g/mol. The van der Waals surface area contributed by atoms with Crippen molar-refractivity contribution in [3.63, 3.8) is 0 Å². The van der Waals surface area contributed by atoms with Crippen LogP contribution in [0.4, 0.5) is 5.69 Å². The van der Waals surface area contributed by atoms with E-state index in [-0.39, 0.29) is 5.91 Å². The highest BCUT2D eigenvalue weighted by Gasteiger charge is 2.14. The SMILES string of the molecule is Cc1cc(C)n(Cc2cccc(NC(=O)c3nn(C)cc3Br)c2)n1. The zero-order valence-electron chi connectivity index (χ0n) is 13.7. The van der Waals surface area contributed by atoms with Crippen molar-refractivity contribution in [1.29, 1.82) is 0 Å². The number of halogens is 1. The molecule has 1 N–H and O–H groups in total. The van der Waals surface area contributed by atoms with E-state index >= 15 is 0 Å². The first kappa shape index (κ1) is 16.4. The zero-order chi connectivity index (χ0) is 17.3. The molecule has 24 heavy (non-hydrogen) atoms. The quantitative estimate of drug-likeness (QED) is 0.746. The fourth-order valence-corrected chi connectivity index (χ4v) is 3.11. The lowest BCUT2D eigenvalue weighted by atomic mass is 10.2. The van der Waals surface area contributed by atoms with Gasteiger partial charge >= 0.3 is 0 Å². The summed E-state index contributed by atoms with van der Waals surface area (Å²) in [5, 5.41) is 11.5. The standard InChI is InChI=1S/C17H18BrN5O/c1-11-7-12(2)23(20-11)9-13-5-4-6-14(8-13)19-17(24)16-15(18)10-22(3)21-16/h4-8,10H,9H2,1-3H3,(H,19,24). The van der Waals surface area contributed by atoms with Crippen LogP contribution in [0.15, 0.2) is 41.0 Å². The number of aromatic nitrogens is 4. The molecule has 0 aliphatic heterocycles. The average molecular weight is 388 g/mol. The van der Waals surface area contributed by atoms with Crippen molar-refractivity contribution in [3.8, 4) is 0 Å². The van der Waals surface area contributed by atoms with Crippen molar-refractivity contribution < 1.29 is 4.79 Å². The molecule has 2 heterocycles. The van der Waals surface area contributed by atoms with Gasteiger partial charge in [0.05, 0.1) is 16.7 Å². The Morgan fingerprint density at radius 1 is 1.25 bits per heavy atom. The second kappa shape index (κ2) is 6.60. The van der Waals surface area contributed by atoms with Gasteiger partial charge in [0.25, 0.3) is 5.91 Å². The average Bonchev–Trinajstić information content (AvgIpc) is 3.00. The molecular formula is C17H18BrN5O. The van der Waals surface area contributed by atoms with E-state index in [2.05, 4.69) is 31.4 Å². The summed E-state index contributed by atoms with van der Waals surface area (Å²) < 4.78 is 4.21. The van der Waals surface area contributed by atoms with Gasteiger partial charge in [0.1, 0.15) is 0 Å². The topological polar surface area (TPSA) is 64.7 Å². The van der Waals surface area contributed by atoms with Gasteiger partial charge in [-0.1, -0.05) is 12.1 Å². The molecule has 6 nitrogen and oxygen atoms in total. The van der Waals surface area contributed by atoms with Gasteiger partial charge in [-0.15, -0.1) is 0 Å². The van der Waals surface area contributed by atoms with Gasteiger partial charge < -0.3 is 5.32 Å². The highest BCUT2D eigenvalue weighted by molar-refractivity contribution is 9.10. The van der Waals surface area contributed by atoms with Crippen LogP contribution in [-0.4, -0.2) is 25.5 Å². The first-order valence-electron chi connectivity index (χ1n) is 7.53. The lowest BCUT2D eigenvalue weighted by Gasteiger charge is -2.08. The van der Waals surface area contributed by atoms with E-state index < -0.39 is 0 Å². The normalized spacial score (nSPS) is 10.8. The van der Waals surface area contributed by atoms with Gasteiger partial charge in [-0.25, -0.2) is 0 Å². The number of hydrogen-bond acceptors (Lipinski definition) is 3. The molecule has 0 bridgehead atoms. The Balaban J connectivity index is 1.77. The number of amides is 1. The molecule has 124 valence electrons. The fourth-order valence-electron chi connectivity index (χ4n) is 2.56. The summed E-state index contributed by atoms with van der Waals surface area (Å²) in [6.07, 6.45) is 1.74. The molecule has 0 fully saturated rings. The number of nitrogens with zero attached hydrogens (tertiary/aromatic N) is 4. The third-order valence-corrected chi connectivity index (χ3v) is 4.20. The van der Waals surface area contributed by atoms with Gasteiger partial charge in [-0.3, -0.25) is 14.2 Å². The van der Waals surface area contributed by atoms with Crippen LogP contribution in [-0.2, 0) is 13.6 Å². The predicted octanol–water partition coefficient (Wildman–Crippen LogP) is 3.30. The van der Waals surface area contributed by atoms with Crippen molar-refractivity contribution in [1.82, 2.24) is 19.6 Å². The maximum atomic E-state index is 12.3. The van der Waals surface area contributed by atoms with Crippen LogP contribution in [0.5, 0.6) is 0 Å². The highest BCUT2D eigenvalue weighted by atomic mass is 79.9. The third kappa shape index (κ3) is 3.56. The molecule has 3 rings (SSSR count). The molecule has 3 aromatic rings.